The average molecular weight is 458 g/mol. The van der Waals surface area contributed by atoms with Gasteiger partial charge in [-0.1, -0.05) is 17.8 Å². The van der Waals surface area contributed by atoms with Crippen molar-refractivity contribution < 1.29 is 22.4 Å². The molecule has 162 valence electrons. The zero-order chi connectivity index (χ0) is 22.7. The summed E-state index contributed by atoms with van der Waals surface area (Å²) < 4.78 is 54.4. The maximum absolute atomic E-state index is 13.3. The largest absolute Gasteiger partial charge is 0.416 e. The summed E-state index contributed by atoms with van der Waals surface area (Å²) in [5, 5.41) is 8.48. The van der Waals surface area contributed by atoms with E-state index in [1.807, 2.05) is 0 Å². The van der Waals surface area contributed by atoms with Gasteiger partial charge in [0.25, 0.3) is 0 Å². The van der Waals surface area contributed by atoms with Crippen LogP contribution in [0.15, 0.2) is 78.2 Å². The summed E-state index contributed by atoms with van der Waals surface area (Å²) in [5.74, 6) is -0.484. The fourth-order valence-corrected chi connectivity index (χ4v) is 3.80. The number of halogens is 4. The molecule has 10 heteroatoms. The molecule has 0 amide bonds. The van der Waals surface area contributed by atoms with Gasteiger partial charge in [0.2, 0.25) is 0 Å². The number of thioether (sulfide) groups is 1. The first-order chi connectivity index (χ1) is 15.3. The van der Waals surface area contributed by atoms with Crippen molar-refractivity contribution in [2.45, 2.75) is 11.3 Å². The number of nitrogens with zero attached hydrogens (tertiary/aromatic N) is 4. The molecule has 2 heterocycles. The number of hydrogen-bond acceptors (Lipinski definition) is 5. The maximum Gasteiger partial charge on any atom is 0.416 e. The van der Waals surface area contributed by atoms with Crippen molar-refractivity contribution in [2.24, 2.45) is 0 Å². The SMILES string of the molecule is O=C(CSc1nnc(-c2ccncc2)n1-c1cccc(C(F)(F)F)c1)c1ccc(F)cc1. The van der Waals surface area contributed by atoms with E-state index in [2.05, 4.69) is 15.2 Å². The molecule has 0 bridgehead atoms. The molecule has 0 aliphatic heterocycles. The molecule has 0 fully saturated rings. The lowest BCUT2D eigenvalue weighted by atomic mass is 10.1. The van der Waals surface area contributed by atoms with E-state index in [0.717, 1.165) is 23.9 Å². The Kier molecular flexibility index (Phi) is 6.04. The van der Waals surface area contributed by atoms with Crippen LogP contribution in [0.4, 0.5) is 17.6 Å². The van der Waals surface area contributed by atoms with E-state index < -0.39 is 17.6 Å². The van der Waals surface area contributed by atoms with Crippen LogP contribution in [-0.4, -0.2) is 31.3 Å². The van der Waals surface area contributed by atoms with Gasteiger partial charge in [0.15, 0.2) is 16.8 Å². The van der Waals surface area contributed by atoms with Gasteiger partial charge in [0.1, 0.15) is 5.82 Å². The summed E-state index contributed by atoms with van der Waals surface area (Å²) in [7, 11) is 0. The lowest BCUT2D eigenvalue weighted by Crippen LogP contribution is -2.08. The summed E-state index contributed by atoms with van der Waals surface area (Å²) in [5.41, 5.74) is 0.302. The molecule has 0 radical (unpaired) electrons. The Morgan fingerprint density at radius 1 is 0.969 bits per heavy atom. The average Bonchev–Trinajstić information content (AvgIpc) is 3.22. The molecule has 32 heavy (non-hydrogen) atoms. The summed E-state index contributed by atoms with van der Waals surface area (Å²) in [6, 6.07) is 13.2. The molecule has 0 N–H and O–H groups in total. The van der Waals surface area contributed by atoms with Crippen LogP contribution in [0.25, 0.3) is 17.1 Å². The highest BCUT2D eigenvalue weighted by molar-refractivity contribution is 7.99. The summed E-state index contributed by atoms with van der Waals surface area (Å²) in [4.78, 5) is 16.4. The zero-order valence-corrected chi connectivity index (χ0v) is 17.1. The van der Waals surface area contributed by atoms with Gasteiger partial charge in [-0.15, -0.1) is 10.2 Å². The fraction of sp³-hybridized carbons (Fsp3) is 0.0909. The second kappa shape index (κ2) is 8.91. The number of carbonyl (C=O) groups is 1. The van der Waals surface area contributed by atoms with Crippen molar-refractivity contribution in [1.82, 2.24) is 19.7 Å². The molecule has 0 unspecified atom stereocenters. The monoisotopic (exact) mass is 458 g/mol. The number of pyridine rings is 1. The Morgan fingerprint density at radius 2 is 1.69 bits per heavy atom. The molecule has 0 saturated carbocycles. The highest BCUT2D eigenvalue weighted by Crippen LogP contribution is 2.33. The molecular formula is C22H14F4N4OS. The number of ketones is 1. The molecule has 5 nitrogen and oxygen atoms in total. The minimum atomic E-state index is -4.52. The minimum absolute atomic E-state index is 0.0565. The van der Waals surface area contributed by atoms with E-state index in [4.69, 9.17) is 0 Å². The Bertz CT molecular complexity index is 1240. The summed E-state index contributed by atoms with van der Waals surface area (Å²) in [6.07, 6.45) is -1.45. The number of benzene rings is 2. The van der Waals surface area contributed by atoms with Crippen LogP contribution >= 0.6 is 11.8 Å². The van der Waals surface area contributed by atoms with E-state index >= 15 is 0 Å². The van der Waals surface area contributed by atoms with Crippen LogP contribution in [0, 0.1) is 5.82 Å². The Morgan fingerprint density at radius 3 is 2.38 bits per heavy atom. The molecule has 0 atom stereocenters. The van der Waals surface area contributed by atoms with Gasteiger partial charge in [0.05, 0.1) is 17.0 Å². The van der Waals surface area contributed by atoms with Gasteiger partial charge in [-0.2, -0.15) is 13.2 Å². The quantitative estimate of drug-likeness (QED) is 0.218. The Hall–Kier alpha value is -3.53. The van der Waals surface area contributed by atoms with E-state index in [0.29, 0.717) is 17.0 Å². The van der Waals surface area contributed by atoms with Crippen molar-refractivity contribution in [1.29, 1.82) is 0 Å². The molecule has 0 aliphatic carbocycles. The molecule has 0 spiro atoms. The van der Waals surface area contributed by atoms with E-state index in [1.165, 1.54) is 53.4 Å². The van der Waals surface area contributed by atoms with Crippen LogP contribution in [0.5, 0.6) is 0 Å². The van der Waals surface area contributed by atoms with Gasteiger partial charge in [-0.25, -0.2) is 4.39 Å². The van der Waals surface area contributed by atoms with Crippen LogP contribution in [0.3, 0.4) is 0 Å². The van der Waals surface area contributed by atoms with Gasteiger partial charge in [0, 0.05) is 23.5 Å². The Balaban J connectivity index is 1.71. The van der Waals surface area contributed by atoms with Gasteiger partial charge >= 0.3 is 6.18 Å². The van der Waals surface area contributed by atoms with Crippen LogP contribution in [0.2, 0.25) is 0 Å². The minimum Gasteiger partial charge on any atom is -0.293 e. The third-order valence-electron chi connectivity index (χ3n) is 4.50. The fourth-order valence-electron chi connectivity index (χ4n) is 2.95. The van der Waals surface area contributed by atoms with Crippen LogP contribution < -0.4 is 0 Å². The van der Waals surface area contributed by atoms with E-state index in [-0.39, 0.29) is 22.4 Å². The molecule has 4 aromatic rings. The van der Waals surface area contributed by atoms with Crippen molar-refractivity contribution in [2.75, 3.05) is 5.75 Å². The van der Waals surface area contributed by atoms with E-state index in [9.17, 15) is 22.4 Å². The predicted octanol–water partition coefficient (Wildman–Crippen LogP) is 5.46. The molecule has 0 aliphatic rings. The lowest BCUT2D eigenvalue weighted by Gasteiger charge is -2.13. The normalized spacial score (nSPS) is 11.5. The zero-order valence-electron chi connectivity index (χ0n) is 16.3. The van der Waals surface area contributed by atoms with Crippen molar-refractivity contribution in [3.8, 4) is 17.1 Å². The third-order valence-corrected chi connectivity index (χ3v) is 5.43. The highest BCUT2D eigenvalue weighted by Gasteiger charge is 2.31. The van der Waals surface area contributed by atoms with Gasteiger partial charge in [-0.05, 0) is 54.6 Å². The molecule has 2 aromatic heterocycles. The van der Waals surface area contributed by atoms with Crippen LogP contribution in [-0.2, 0) is 6.18 Å². The van der Waals surface area contributed by atoms with Crippen molar-refractivity contribution in [3.05, 3.63) is 90.0 Å². The molecule has 4 rings (SSSR count). The third kappa shape index (κ3) is 4.70. The smallest absolute Gasteiger partial charge is 0.293 e. The number of carbonyl (C=O) groups excluding carboxylic acids is 1. The second-order valence-corrected chi connectivity index (χ2v) is 7.59. The number of alkyl halides is 3. The van der Waals surface area contributed by atoms with Crippen molar-refractivity contribution >= 4 is 17.5 Å². The molecular weight excluding hydrogens is 444 g/mol. The van der Waals surface area contributed by atoms with E-state index in [1.54, 1.807) is 12.1 Å². The maximum atomic E-state index is 13.3. The standard InChI is InChI=1S/C22H14F4N4OS/c23-17-6-4-14(5-7-17)19(31)13-32-21-29-28-20(15-8-10-27-11-9-15)30(21)18-3-1-2-16(12-18)22(24,25)26/h1-12H,13H2. The number of hydrogen-bond donors (Lipinski definition) is 0. The lowest BCUT2D eigenvalue weighted by molar-refractivity contribution is -0.137. The summed E-state index contributed by atoms with van der Waals surface area (Å²) in [6.45, 7) is 0. The Labute approximate surface area is 184 Å². The molecule has 0 saturated heterocycles. The first kappa shape index (κ1) is 21.7. The van der Waals surface area contributed by atoms with Crippen molar-refractivity contribution in [3.63, 3.8) is 0 Å². The number of rotatable bonds is 6. The predicted molar refractivity (Wildman–Crippen MR) is 111 cm³/mol. The first-order valence-corrected chi connectivity index (χ1v) is 10.3. The highest BCUT2D eigenvalue weighted by atomic mass is 32.2. The second-order valence-electron chi connectivity index (χ2n) is 6.64. The van der Waals surface area contributed by atoms with Gasteiger partial charge in [-0.3, -0.25) is 14.3 Å². The number of Topliss-reactive ketones (excluding diaryl/α,β-unsaturated/α-hetero) is 1. The first-order valence-electron chi connectivity index (χ1n) is 9.28. The molecule has 2 aromatic carbocycles. The van der Waals surface area contributed by atoms with Crippen LogP contribution in [0.1, 0.15) is 15.9 Å². The topological polar surface area (TPSA) is 60.7 Å². The summed E-state index contributed by atoms with van der Waals surface area (Å²) >= 11 is 1.03. The number of aromatic nitrogens is 4. The van der Waals surface area contributed by atoms with Gasteiger partial charge < -0.3 is 0 Å².